The molecule has 0 saturated heterocycles. The lowest BCUT2D eigenvalue weighted by Crippen LogP contribution is -1.99. The number of pyridine rings is 1. The predicted molar refractivity (Wildman–Crippen MR) is 69.4 cm³/mol. The minimum absolute atomic E-state index is 0.891. The first kappa shape index (κ1) is 10.6. The summed E-state index contributed by atoms with van der Waals surface area (Å²) in [5, 5.41) is 5.26. The van der Waals surface area contributed by atoms with Crippen molar-refractivity contribution in [3.05, 3.63) is 34.1 Å². The number of aromatic nitrogens is 1. The average Bonchev–Trinajstić information content (AvgIpc) is 2.65. The lowest BCUT2D eigenvalue weighted by molar-refractivity contribution is 1.16. The molecule has 2 heterocycles. The molecule has 0 aromatic carbocycles. The summed E-state index contributed by atoms with van der Waals surface area (Å²) in [6.07, 6.45) is 0. The summed E-state index contributed by atoms with van der Waals surface area (Å²) in [6, 6.07) is 8.07. The van der Waals surface area contributed by atoms with Gasteiger partial charge in [-0.1, -0.05) is 6.07 Å². The van der Waals surface area contributed by atoms with Crippen molar-refractivity contribution < 1.29 is 0 Å². The molecule has 0 atom stereocenters. The Labute approximate surface area is 101 Å². The van der Waals surface area contributed by atoms with Gasteiger partial charge in [0.15, 0.2) is 0 Å². The topological polar surface area (TPSA) is 24.9 Å². The van der Waals surface area contributed by atoms with Crippen LogP contribution in [0.5, 0.6) is 0 Å². The summed E-state index contributed by atoms with van der Waals surface area (Å²) < 4.78 is 1.11. The molecular formula is C11H11BrN2S. The van der Waals surface area contributed by atoms with Crippen LogP contribution in [0.2, 0.25) is 0 Å². The first-order valence-corrected chi connectivity index (χ1v) is 6.43. The zero-order chi connectivity index (χ0) is 10.7. The molecule has 2 nitrogen and oxygen atoms in total. The molecule has 2 aromatic rings. The lowest BCUT2D eigenvalue weighted by Gasteiger charge is -2.04. The van der Waals surface area contributed by atoms with E-state index in [1.54, 1.807) is 11.3 Å². The molecule has 0 aliphatic carbocycles. The minimum atomic E-state index is 0.891. The van der Waals surface area contributed by atoms with Crippen LogP contribution in [-0.2, 0) is 0 Å². The largest absolute Gasteiger partial charge is 0.370 e. The normalized spacial score (nSPS) is 10.3. The monoisotopic (exact) mass is 282 g/mol. The van der Waals surface area contributed by atoms with Gasteiger partial charge in [-0.2, -0.15) is 0 Å². The highest BCUT2D eigenvalue weighted by Gasteiger charge is 2.06. The molecule has 0 bridgehead atoms. The highest BCUT2D eigenvalue weighted by Crippen LogP contribution is 2.32. The summed E-state index contributed by atoms with van der Waals surface area (Å²) in [5.41, 5.74) is 1.01. The Hall–Kier alpha value is -0.870. The smallest absolute Gasteiger partial charge is 0.126 e. The van der Waals surface area contributed by atoms with Crippen molar-refractivity contribution in [2.45, 2.75) is 6.92 Å². The second kappa shape index (κ2) is 4.77. The van der Waals surface area contributed by atoms with Crippen molar-refractivity contribution in [3.63, 3.8) is 0 Å². The van der Waals surface area contributed by atoms with E-state index in [4.69, 9.17) is 0 Å². The zero-order valence-corrected chi connectivity index (χ0v) is 10.7. The van der Waals surface area contributed by atoms with E-state index in [2.05, 4.69) is 38.5 Å². The number of halogens is 1. The van der Waals surface area contributed by atoms with Crippen LogP contribution in [0.4, 0.5) is 5.82 Å². The summed E-state index contributed by atoms with van der Waals surface area (Å²) in [4.78, 5) is 5.71. The number of anilines is 1. The van der Waals surface area contributed by atoms with E-state index in [0.717, 1.165) is 22.5 Å². The van der Waals surface area contributed by atoms with E-state index in [-0.39, 0.29) is 0 Å². The van der Waals surface area contributed by atoms with Crippen molar-refractivity contribution in [1.82, 2.24) is 4.98 Å². The third-order valence-electron chi connectivity index (χ3n) is 1.96. The fraction of sp³-hybridized carbons (Fsp3) is 0.182. The molecule has 0 fully saturated rings. The summed E-state index contributed by atoms with van der Waals surface area (Å²) in [6.45, 7) is 2.96. The van der Waals surface area contributed by atoms with Crippen LogP contribution >= 0.6 is 27.3 Å². The minimum Gasteiger partial charge on any atom is -0.370 e. The van der Waals surface area contributed by atoms with Gasteiger partial charge in [0.2, 0.25) is 0 Å². The highest BCUT2D eigenvalue weighted by atomic mass is 79.9. The van der Waals surface area contributed by atoms with Crippen LogP contribution in [0.1, 0.15) is 6.92 Å². The summed E-state index contributed by atoms with van der Waals surface area (Å²) in [7, 11) is 0. The molecule has 0 spiro atoms. The Morgan fingerprint density at radius 3 is 2.93 bits per heavy atom. The van der Waals surface area contributed by atoms with Gasteiger partial charge < -0.3 is 5.32 Å². The number of hydrogen-bond donors (Lipinski definition) is 1. The fourth-order valence-electron chi connectivity index (χ4n) is 1.32. The van der Waals surface area contributed by atoms with Gasteiger partial charge in [-0.3, -0.25) is 0 Å². The van der Waals surface area contributed by atoms with E-state index in [1.807, 2.05) is 24.3 Å². The third kappa shape index (κ3) is 2.38. The molecule has 15 heavy (non-hydrogen) atoms. The van der Waals surface area contributed by atoms with Crippen LogP contribution in [0.15, 0.2) is 34.1 Å². The van der Waals surface area contributed by atoms with E-state index in [9.17, 15) is 0 Å². The second-order valence-electron chi connectivity index (χ2n) is 3.04. The quantitative estimate of drug-likeness (QED) is 0.920. The van der Waals surface area contributed by atoms with Gasteiger partial charge in [0.05, 0.1) is 10.6 Å². The molecule has 0 aliphatic rings. The molecule has 0 aliphatic heterocycles. The highest BCUT2D eigenvalue weighted by molar-refractivity contribution is 9.10. The predicted octanol–water partition coefficient (Wildman–Crippen LogP) is 4.00. The van der Waals surface area contributed by atoms with Crippen molar-refractivity contribution in [3.8, 4) is 10.6 Å². The molecule has 0 radical (unpaired) electrons. The Morgan fingerprint density at radius 1 is 1.40 bits per heavy atom. The summed E-state index contributed by atoms with van der Waals surface area (Å²) >= 11 is 5.21. The maximum Gasteiger partial charge on any atom is 0.126 e. The maximum absolute atomic E-state index is 4.54. The zero-order valence-electron chi connectivity index (χ0n) is 8.33. The standard InChI is InChI=1S/C11H11BrN2S/c1-2-13-10-5-3-4-9(14-10)11-8(12)6-7-15-11/h3-7H,2H2,1H3,(H,13,14). The molecule has 2 aromatic heterocycles. The molecular weight excluding hydrogens is 272 g/mol. The van der Waals surface area contributed by atoms with Gasteiger partial charge in [0, 0.05) is 11.0 Å². The van der Waals surface area contributed by atoms with Crippen molar-refractivity contribution >= 4 is 33.1 Å². The SMILES string of the molecule is CCNc1cccc(-c2sccc2Br)n1. The summed E-state index contributed by atoms with van der Waals surface area (Å²) in [5.74, 6) is 0.926. The maximum atomic E-state index is 4.54. The van der Waals surface area contributed by atoms with E-state index < -0.39 is 0 Å². The number of thiophene rings is 1. The fourth-order valence-corrected chi connectivity index (χ4v) is 2.86. The van der Waals surface area contributed by atoms with Crippen LogP contribution < -0.4 is 5.32 Å². The Balaban J connectivity index is 2.37. The van der Waals surface area contributed by atoms with Crippen LogP contribution in [-0.4, -0.2) is 11.5 Å². The van der Waals surface area contributed by atoms with Crippen LogP contribution in [0.25, 0.3) is 10.6 Å². The molecule has 2 rings (SSSR count). The lowest BCUT2D eigenvalue weighted by atomic mass is 10.3. The molecule has 78 valence electrons. The van der Waals surface area contributed by atoms with Gasteiger partial charge in [-0.25, -0.2) is 4.98 Å². The van der Waals surface area contributed by atoms with Gasteiger partial charge >= 0.3 is 0 Å². The van der Waals surface area contributed by atoms with Crippen molar-refractivity contribution in [2.24, 2.45) is 0 Å². The molecule has 1 N–H and O–H groups in total. The van der Waals surface area contributed by atoms with Gasteiger partial charge in [0.25, 0.3) is 0 Å². The number of rotatable bonds is 3. The first-order chi connectivity index (χ1) is 7.31. The number of hydrogen-bond acceptors (Lipinski definition) is 3. The van der Waals surface area contributed by atoms with Gasteiger partial charge in [-0.15, -0.1) is 11.3 Å². The molecule has 0 saturated carbocycles. The number of nitrogens with zero attached hydrogens (tertiary/aromatic N) is 1. The van der Waals surface area contributed by atoms with E-state index >= 15 is 0 Å². The number of nitrogens with one attached hydrogen (secondary N) is 1. The third-order valence-corrected chi connectivity index (χ3v) is 3.82. The molecule has 0 unspecified atom stereocenters. The average molecular weight is 283 g/mol. The first-order valence-electron chi connectivity index (χ1n) is 4.75. The molecule has 4 heteroatoms. The molecule has 0 amide bonds. The Morgan fingerprint density at radius 2 is 2.27 bits per heavy atom. The van der Waals surface area contributed by atoms with Crippen molar-refractivity contribution in [2.75, 3.05) is 11.9 Å². The van der Waals surface area contributed by atoms with Crippen LogP contribution in [0, 0.1) is 0 Å². The Bertz CT molecular complexity index is 453. The Kier molecular flexibility index (Phi) is 3.38. The van der Waals surface area contributed by atoms with E-state index in [1.165, 1.54) is 4.88 Å². The van der Waals surface area contributed by atoms with E-state index in [0.29, 0.717) is 0 Å². The van der Waals surface area contributed by atoms with Crippen molar-refractivity contribution in [1.29, 1.82) is 0 Å². The van der Waals surface area contributed by atoms with Crippen LogP contribution in [0.3, 0.4) is 0 Å². The van der Waals surface area contributed by atoms with Gasteiger partial charge in [0.1, 0.15) is 5.82 Å². The second-order valence-corrected chi connectivity index (χ2v) is 4.81. The van der Waals surface area contributed by atoms with Gasteiger partial charge in [-0.05, 0) is 46.4 Å².